The normalized spacial score (nSPS) is 16.8. The first-order chi connectivity index (χ1) is 13.8. The summed E-state index contributed by atoms with van der Waals surface area (Å²) < 4.78 is 1.87. The highest BCUT2D eigenvalue weighted by Crippen LogP contribution is 2.35. The van der Waals surface area contributed by atoms with E-state index in [-0.39, 0.29) is 6.04 Å². The third-order valence-electron chi connectivity index (χ3n) is 5.54. The van der Waals surface area contributed by atoms with Gasteiger partial charge < -0.3 is 4.98 Å². The fourth-order valence-electron chi connectivity index (χ4n) is 4.22. The minimum atomic E-state index is 0.118. The highest BCUT2D eigenvalue weighted by atomic mass is 15.3. The van der Waals surface area contributed by atoms with Crippen molar-refractivity contribution < 1.29 is 0 Å². The van der Waals surface area contributed by atoms with Gasteiger partial charge in [0.25, 0.3) is 0 Å². The van der Waals surface area contributed by atoms with Crippen molar-refractivity contribution in [2.75, 3.05) is 6.54 Å². The van der Waals surface area contributed by atoms with Crippen molar-refractivity contribution in [3.63, 3.8) is 0 Å². The first kappa shape index (κ1) is 17.0. The highest BCUT2D eigenvalue weighted by molar-refractivity contribution is 5.67. The summed E-state index contributed by atoms with van der Waals surface area (Å²) in [5.41, 5.74) is 7.43. The average molecular weight is 369 g/mol. The van der Waals surface area contributed by atoms with Gasteiger partial charge in [-0.25, -0.2) is 4.98 Å². The SMILES string of the molecule is Cn1cc(C2c3nc[nH]c3CCN2Cc2ccccc2-c2ccccc2)cn1. The summed E-state index contributed by atoms with van der Waals surface area (Å²) in [5.74, 6) is 0. The molecule has 5 rings (SSSR count). The monoisotopic (exact) mass is 369 g/mol. The molecule has 1 aliphatic heterocycles. The van der Waals surface area contributed by atoms with E-state index in [1.807, 2.05) is 24.3 Å². The lowest BCUT2D eigenvalue weighted by Gasteiger charge is -2.35. The van der Waals surface area contributed by atoms with Crippen LogP contribution in [0.5, 0.6) is 0 Å². The Morgan fingerprint density at radius 2 is 1.89 bits per heavy atom. The summed E-state index contributed by atoms with van der Waals surface area (Å²) in [6.07, 6.45) is 6.87. The van der Waals surface area contributed by atoms with Gasteiger partial charge in [0.2, 0.25) is 0 Å². The zero-order valence-electron chi connectivity index (χ0n) is 15.9. The highest BCUT2D eigenvalue weighted by Gasteiger charge is 2.32. The molecule has 0 saturated heterocycles. The largest absolute Gasteiger partial charge is 0.348 e. The molecule has 4 aromatic rings. The van der Waals surface area contributed by atoms with Crippen molar-refractivity contribution in [3.05, 3.63) is 95.8 Å². The molecule has 2 aromatic heterocycles. The third-order valence-corrected chi connectivity index (χ3v) is 5.54. The Labute approximate surface area is 164 Å². The average Bonchev–Trinajstić information content (AvgIpc) is 3.38. The zero-order valence-corrected chi connectivity index (χ0v) is 15.9. The minimum absolute atomic E-state index is 0.118. The summed E-state index contributed by atoms with van der Waals surface area (Å²) in [6.45, 7) is 1.86. The van der Waals surface area contributed by atoms with Gasteiger partial charge in [-0.2, -0.15) is 5.10 Å². The number of aromatic amines is 1. The smallest absolute Gasteiger partial charge is 0.0926 e. The van der Waals surface area contributed by atoms with Crippen LogP contribution in [-0.2, 0) is 20.0 Å². The van der Waals surface area contributed by atoms with E-state index in [1.165, 1.54) is 27.9 Å². The Morgan fingerprint density at radius 3 is 2.71 bits per heavy atom. The van der Waals surface area contributed by atoms with E-state index in [0.29, 0.717) is 0 Å². The topological polar surface area (TPSA) is 49.7 Å². The van der Waals surface area contributed by atoms with Crippen LogP contribution in [0.2, 0.25) is 0 Å². The molecule has 28 heavy (non-hydrogen) atoms. The lowest BCUT2D eigenvalue weighted by Crippen LogP contribution is -2.35. The molecule has 5 heteroatoms. The van der Waals surface area contributed by atoms with Crippen LogP contribution in [0, 0.1) is 0 Å². The lowest BCUT2D eigenvalue weighted by atomic mass is 9.95. The van der Waals surface area contributed by atoms with Gasteiger partial charge in [-0.15, -0.1) is 0 Å². The summed E-state index contributed by atoms with van der Waals surface area (Å²) >= 11 is 0. The molecule has 0 fully saturated rings. The van der Waals surface area contributed by atoms with E-state index in [1.54, 1.807) is 0 Å². The number of aryl methyl sites for hydroxylation is 1. The van der Waals surface area contributed by atoms with E-state index < -0.39 is 0 Å². The summed E-state index contributed by atoms with van der Waals surface area (Å²) in [6, 6.07) is 19.4. The number of fused-ring (bicyclic) bond motifs is 1. The van der Waals surface area contributed by atoms with E-state index in [9.17, 15) is 0 Å². The molecule has 3 heterocycles. The first-order valence-electron chi connectivity index (χ1n) is 9.67. The fourth-order valence-corrected chi connectivity index (χ4v) is 4.22. The molecule has 0 aliphatic carbocycles. The molecule has 0 spiro atoms. The number of rotatable bonds is 4. The van der Waals surface area contributed by atoms with Gasteiger partial charge >= 0.3 is 0 Å². The predicted molar refractivity (Wildman–Crippen MR) is 110 cm³/mol. The number of aromatic nitrogens is 4. The molecule has 1 N–H and O–H groups in total. The maximum atomic E-state index is 4.66. The second kappa shape index (κ2) is 7.09. The van der Waals surface area contributed by atoms with Crippen molar-refractivity contribution in [1.29, 1.82) is 0 Å². The van der Waals surface area contributed by atoms with Gasteiger partial charge in [0.05, 0.1) is 24.3 Å². The molecule has 0 bridgehead atoms. The molecule has 140 valence electrons. The van der Waals surface area contributed by atoms with Crippen molar-refractivity contribution in [3.8, 4) is 11.1 Å². The van der Waals surface area contributed by atoms with Crippen LogP contribution in [0.25, 0.3) is 11.1 Å². The standard InChI is InChI=1S/C23H23N5/c1-27-14-19(13-26-27)23-22-21(24-16-25-22)11-12-28(23)15-18-9-5-6-10-20(18)17-7-3-2-4-8-17/h2-10,13-14,16,23H,11-12,15H2,1H3,(H,24,25). The van der Waals surface area contributed by atoms with E-state index in [2.05, 4.69) is 80.8 Å². The van der Waals surface area contributed by atoms with Gasteiger partial charge in [-0.1, -0.05) is 54.6 Å². The van der Waals surface area contributed by atoms with Crippen molar-refractivity contribution in [1.82, 2.24) is 24.6 Å². The molecule has 1 atom stereocenters. The van der Waals surface area contributed by atoms with Crippen LogP contribution in [0.1, 0.15) is 28.6 Å². The molecule has 1 unspecified atom stereocenters. The molecule has 0 amide bonds. The number of H-pyrrole nitrogens is 1. The van der Waals surface area contributed by atoms with Crippen LogP contribution in [0.4, 0.5) is 0 Å². The Bertz CT molecular complexity index is 1080. The lowest BCUT2D eigenvalue weighted by molar-refractivity contribution is 0.200. The molecule has 2 aromatic carbocycles. The van der Waals surface area contributed by atoms with Crippen molar-refractivity contribution >= 4 is 0 Å². The van der Waals surface area contributed by atoms with Crippen LogP contribution in [0.15, 0.2) is 73.3 Å². The Hall–Kier alpha value is -3.18. The molecule has 0 saturated carbocycles. The van der Waals surface area contributed by atoms with Crippen molar-refractivity contribution in [2.24, 2.45) is 7.05 Å². The molecule has 1 aliphatic rings. The van der Waals surface area contributed by atoms with E-state index in [4.69, 9.17) is 0 Å². The van der Waals surface area contributed by atoms with Gasteiger partial charge in [0.1, 0.15) is 0 Å². The van der Waals surface area contributed by atoms with Gasteiger partial charge in [-0.05, 0) is 16.7 Å². The summed E-state index contributed by atoms with van der Waals surface area (Å²) in [5, 5.41) is 4.41. The molecular formula is C23H23N5. The summed E-state index contributed by atoms with van der Waals surface area (Å²) in [4.78, 5) is 10.5. The van der Waals surface area contributed by atoms with Crippen molar-refractivity contribution in [2.45, 2.75) is 19.0 Å². The van der Waals surface area contributed by atoms with Crippen LogP contribution < -0.4 is 0 Å². The Balaban J connectivity index is 1.53. The molecular weight excluding hydrogens is 346 g/mol. The van der Waals surface area contributed by atoms with Crippen LogP contribution >= 0.6 is 0 Å². The van der Waals surface area contributed by atoms with Gasteiger partial charge in [0.15, 0.2) is 0 Å². The molecule has 5 nitrogen and oxygen atoms in total. The second-order valence-corrected chi connectivity index (χ2v) is 7.36. The number of nitrogens with zero attached hydrogens (tertiary/aromatic N) is 4. The van der Waals surface area contributed by atoms with Gasteiger partial charge in [0, 0.05) is 44.0 Å². The predicted octanol–water partition coefficient (Wildman–Crippen LogP) is 3.96. The number of hydrogen-bond acceptors (Lipinski definition) is 3. The number of imidazole rings is 1. The number of benzene rings is 2. The fraction of sp³-hybridized carbons (Fsp3) is 0.217. The maximum Gasteiger partial charge on any atom is 0.0926 e. The minimum Gasteiger partial charge on any atom is -0.348 e. The number of hydrogen-bond donors (Lipinski definition) is 1. The second-order valence-electron chi connectivity index (χ2n) is 7.36. The van der Waals surface area contributed by atoms with Crippen LogP contribution in [0.3, 0.4) is 0 Å². The Kier molecular flexibility index (Phi) is 4.29. The number of nitrogens with one attached hydrogen (secondary N) is 1. The van der Waals surface area contributed by atoms with Gasteiger partial charge in [-0.3, -0.25) is 9.58 Å². The summed E-state index contributed by atoms with van der Waals surface area (Å²) in [7, 11) is 1.97. The van der Waals surface area contributed by atoms with E-state index in [0.717, 1.165) is 25.2 Å². The van der Waals surface area contributed by atoms with E-state index >= 15 is 0 Å². The maximum absolute atomic E-state index is 4.66. The quantitative estimate of drug-likeness (QED) is 0.592. The molecule has 0 radical (unpaired) electrons. The Morgan fingerprint density at radius 1 is 1.07 bits per heavy atom. The third kappa shape index (κ3) is 3.04. The zero-order chi connectivity index (χ0) is 18.9. The van der Waals surface area contributed by atoms with Crippen LogP contribution in [-0.4, -0.2) is 31.2 Å². The first-order valence-corrected chi connectivity index (χ1v) is 9.67.